The molecule has 1 fully saturated rings. The number of hydrogen-bond donors (Lipinski definition) is 2. The van der Waals surface area contributed by atoms with Crippen LogP contribution in [0.25, 0.3) is 10.2 Å². The molecule has 0 bridgehead atoms. The number of nitrogens with two attached hydrogens (primary N) is 1. The topological polar surface area (TPSA) is 63.8 Å². The SMILES string of the molecule is CCc1cc2c(NC3CCCCC3CN)ncnc2s1. The number of rotatable bonds is 4. The molecule has 4 nitrogen and oxygen atoms in total. The molecule has 1 aliphatic carbocycles. The molecule has 0 saturated heterocycles. The molecule has 5 heteroatoms. The first-order valence-corrected chi connectivity index (χ1v) is 8.33. The van der Waals surface area contributed by atoms with Crippen molar-refractivity contribution < 1.29 is 0 Å². The molecule has 20 heavy (non-hydrogen) atoms. The van der Waals surface area contributed by atoms with Crippen LogP contribution in [0.5, 0.6) is 0 Å². The van der Waals surface area contributed by atoms with Gasteiger partial charge in [-0.15, -0.1) is 11.3 Å². The van der Waals surface area contributed by atoms with E-state index in [-0.39, 0.29) is 0 Å². The van der Waals surface area contributed by atoms with Gasteiger partial charge in [-0.2, -0.15) is 0 Å². The second-order valence-electron chi connectivity index (χ2n) is 5.54. The molecule has 2 aromatic heterocycles. The number of aromatic nitrogens is 2. The molecule has 3 N–H and O–H groups in total. The molecular formula is C15H22N4S. The lowest BCUT2D eigenvalue weighted by molar-refractivity contribution is 0.332. The molecule has 108 valence electrons. The van der Waals surface area contributed by atoms with E-state index >= 15 is 0 Å². The quantitative estimate of drug-likeness (QED) is 0.907. The summed E-state index contributed by atoms with van der Waals surface area (Å²) in [5.41, 5.74) is 5.91. The van der Waals surface area contributed by atoms with Gasteiger partial charge in [0.05, 0.1) is 5.39 Å². The maximum absolute atomic E-state index is 5.91. The summed E-state index contributed by atoms with van der Waals surface area (Å²) < 4.78 is 0. The third-order valence-corrected chi connectivity index (χ3v) is 5.45. The fraction of sp³-hybridized carbons (Fsp3) is 0.600. The van der Waals surface area contributed by atoms with Crippen LogP contribution in [0.1, 0.15) is 37.5 Å². The van der Waals surface area contributed by atoms with Crippen LogP contribution in [0, 0.1) is 5.92 Å². The number of anilines is 1. The highest BCUT2D eigenvalue weighted by molar-refractivity contribution is 7.18. The maximum atomic E-state index is 5.91. The van der Waals surface area contributed by atoms with E-state index in [2.05, 4.69) is 28.3 Å². The Hall–Kier alpha value is -1.20. The first kappa shape index (κ1) is 13.8. The van der Waals surface area contributed by atoms with Crippen molar-refractivity contribution in [2.45, 2.75) is 45.1 Å². The zero-order valence-corrected chi connectivity index (χ0v) is 12.7. The van der Waals surface area contributed by atoms with Crippen LogP contribution < -0.4 is 11.1 Å². The third-order valence-electron chi connectivity index (χ3n) is 4.26. The Morgan fingerprint density at radius 2 is 2.20 bits per heavy atom. The standard InChI is InChI=1S/C15H22N4S/c1-2-11-7-12-14(17-9-18-15(12)20-11)19-13-6-4-3-5-10(13)8-16/h7,9-10,13H,2-6,8,16H2,1H3,(H,17,18,19). The number of nitrogens with one attached hydrogen (secondary N) is 1. The molecule has 0 aliphatic heterocycles. The third kappa shape index (κ3) is 2.65. The van der Waals surface area contributed by atoms with Crippen LogP contribution in [0.2, 0.25) is 0 Å². The van der Waals surface area contributed by atoms with Crippen molar-refractivity contribution in [3.05, 3.63) is 17.3 Å². The van der Waals surface area contributed by atoms with E-state index in [1.54, 1.807) is 17.7 Å². The lowest BCUT2D eigenvalue weighted by Gasteiger charge is -2.31. The maximum Gasteiger partial charge on any atom is 0.138 e. The molecule has 3 rings (SSSR count). The van der Waals surface area contributed by atoms with Crippen molar-refractivity contribution in [1.82, 2.24) is 9.97 Å². The number of hydrogen-bond acceptors (Lipinski definition) is 5. The van der Waals surface area contributed by atoms with Crippen molar-refractivity contribution in [2.24, 2.45) is 11.7 Å². The number of aryl methyl sites for hydroxylation is 1. The number of thiophene rings is 1. The highest BCUT2D eigenvalue weighted by Gasteiger charge is 2.24. The van der Waals surface area contributed by atoms with Gasteiger partial charge < -0.3 is 11.1 Å². The Morgan fingerprint density at radius 1 is 1.35 bits per heavy atom. The first-order chi connectivity index (χ1) is 9.81. The molecule has 0 spiro atoms. The van der Waals surface area contributed by atoms with Crippen LogP contribution in [-0.4, -0.2) is 22.6 Å². The summed E-state index contributed by atoms with van der Waals surface area (Å²) in [6, 6.07) is 2.68. The summed E-state index contributed by atoms with van der Waals surface area (Å²) in [6.07, 6.45) is 7.73. The Balaban J connectivity index is 1.87. The zero-order chi connectivity index (χ0) is 13.9. The van der Waals surface area contributed by atoms with Crippen LogP contribution in [0.15, 0.2) is 12.4 Å². The Kier molecular flexibility index (Phi) is 4.17. The molecule has 2 atom stereocenters. The summed E-state index contributed by atoms with van der Waals surface area (Å²) in [5.74, 6) is 1.55. The van der Waals surface area contributed by atoms with E-state index in [4.69, 9.17) is 5.73 Å². The van der Waals surface area contributed by atoms with Gasteiger partial charge in [-0.1, -0.05) is 19.8 Å². The van der Waals surface area contributed by atoms with Gasteiger partial charge >= 0.3 is 0 Å². The van der Waals surface area contributed by atoms with Crippen molar-refractivity contribution in [2.75, 3.05) is 11.9 Å². The molecule has 2 unspecified atom stereocenters. The van der Waals surface area contributed by atoms with Gasteiger partial charge in [0.2, 0.25) is 0 Å². The van der Waals surface area contributed by atoms with Gasteiger partial charge in [-0.05, 0) is 37.8 Å². The lowest BCUT2D eigenvalue weighted by Crippen LogP contribution is -2.37. The van der Waals surface area contributed by atoms with E-state index in [0.717, 1.165) is 29.0 Å². The molecule has 2 aromatic rings. The van der Waals surface area contributed by atoms with Crippen LogP contribution in [0.4, 0.5) is 5.82 Å². The first-order valence-electron chi connectivity index (χ1n) is 7.51. The monoisotopic (exact) mass is 290 g/mol. The Bertz CT molecular complexity index is 580. The number of nitrogens with zero attached hydrogens (tertiary/aromatic N) is 2. The molecule has 0 amide bonds. The molecule has 0 aromatic carbocycles. The van der Waals surface area contributed by atoms with E-state index in [1.165, 1.54) is 30.6 Å². The highest BCUT2D eigenvalue weighted by atomic mass is 32.1. The minimum absolute atomic E-state index is 0.455. The summed E-state index contributed by atoms with van der Waals surface area (Å²) >= 11 is 1.76. The van der Waals surface area contributed by atoms with Crippen molar-refractivity contribution >= 4 is 27.4 Å². The molecule has 1 aliphatic rings. The average molecular weight is 290 g/mol. The van der Waals surface area contributed by atoms with E-state index in [0.29, 0.717) is 12.0 Å². The predicted octanol–water partition coefficient (Wildman–Crippen LogP) is 3.18. The molecule has 1 saturated carbocycles. The molecule has 0 radical (unpaired) electrons. The van der Waals surface area contributed by atoms with Gasteiger partial charge in [0, 0.05) is 10.9 Å². The van der Waals surface area contributed by atoms with Crippen LogP contribution in [-0.2, 0) is 6.42 Å². The second-order valence-corrected chi connectivity index (χ2v) is 6.65. The van der Waals surface area contributed by atoms with E-state index < -0.39 is 0 Å². The zero-order valence-electron chi connectivity index (χ0n) is 11.9. The van der Waals surface area contributed by atoms with Crippen molar-refractivity contribution in [3.8, 4) is 0 Å². The smallest absolute Gasteiger partial charge is 0.138 e. The van der Waals surface area contributed by atoms with Gasteiger partial charge in [-0.25, -0.2) is 9.97 Å². The molecular weight excluding hydrogens is 268 g/mol. The van der Waals surface area contributed by atoms with E-state index in [1.807, 2.05) is 0 Å². The minimum Gasteiger partial charge on any atom is -0.366 e. The van der Waals surface area contributed by atoms with Crippen LogP contribution in [0.3, 0.4) is 0 Å². The second kappa shape index (κ2) is 6.06. The summed E-state index contributed by atoms with van der Waals surface area (Å²) in [5, 5.41) is 4.80. The van der Waals surface area contributed by atoms with Gasteiger partial charge in [0.15, 0.2) is 0 Å². The molecule has 2 heterocycles. The van der Waals surface area contributed by atoms with Gasteiger partial charge in [0.25, 0.3) is 0 Å². The highest BCUT2D eigenvalue weighted by Crippen LogP contribution is 2.31. The lowest BCUT2D eigenvalue weighted by atomic mass is 9.84. The largest absolute Gasteiger partial charge is 0.366 e. The van der Waals surface area contributed by atoms with Crippen molar-refractivity contribution in [1.29, 1.82) is 0 Å². The van der Waals surface area contributed by atoms with Gasteiger partial charge in [-0.3, -0.25) is 0 Å². The summed E-state index contributed by atoms with van der Waals surface area (Å²) in [6.45, 7) is 2.94. The van der Waals surface area contributed by atoms with Crippen molar-refractivity contribution in [3.63, 3.8) is 0 Å². The summed E-state index contributed by atoms with van der Waals surface area (Å²) in [4.78, 5) is 11.3. The van der Waals surface area contributed by atoms with Gasteiger partial charge in [0.1, 0.15) is 17.0 Å². The Labute approximate surface area is 123 Å². The fourth-order valence-corrected chi connectivity index (χ4v) is 3.98. The predicted molar refractivity (Wildman–Crippen MR) is 85.2 cm³/mol. The summed E-state index contributed by atoms with van der Waals surface area (Å²) in [7, 11) is 0. The fourth-order valence-electron chi connectivity index (χ4n) is 3.05. The normalized spacial score (nSPS) is 23.1. The number of fused-ring (bicyclic) bond motifs is 1. The minimum atomic E-state index is 0.455. The average Bonchev–Trinajstić information content (AvgIpc) is 2.92. The Morgan fingerprint density at radius 3 is 3.00 bits per heavy atom. The van der Waals surface area contributed by atoms with Crippen LogP contribution >= 0.6 is 11.3 Å². The van der Waals surface area contributed by atoms with E-state index in [9.17, 15) is 0 Å².